The number of rotatable bonds is 9. The van der Waals surface area contributed by atoms with Crippen LogP contribution in [-0.4, -0.2) is 30.9 Å². The number of thioether (sulfide) groups is 1. The highest BCUT2D eigenvalue weighted by Crippen LogP contribution is 2.25. The first-order valence-electron chi connectivity index (χ1n) is 10.0. The number of ketones is 1. The van der Waals surface area contributed by atoms with Gasteiger partial charge in [-0.15, -0.1) is 10.2 Å². The van der Waals surface area contributed by atoms with Crippen molar-refractivity contribution in [2.75, 3.05) is 5.75 Å². The summed E-state index contributed by atoms with van der Waals surface area (Å²) in [6, 6.07) is 13.0. The molecule has 0 saturated carbocycles. The van der Waals surface area contributed by atoms with Crippen molar-refractivity contribution >= 4 is 29.1 Å². The van der Waals surface area contributed by atoms with Crippen LogP contribution < -0.4 is 4.74 Å². The van der Waals surface area contributed by atoms with Crippen LogP contribution in [0.25, 0.3) is 0 Å². The maximum Gasteiger partial charge on any atom is 0.191 e. The molecular weight excluding hydrogens is 448 g/mol. The Labute approximate surface area is 195 Å². The van der Waals surface area contributed by atoms with Crippen LogP contribution in [0.4, 0.5) is 0 Å². The van der Waals surface area contributed by atoms with Crippen molar-refractivity contribution < 1.29 is 13.9 Å². The molecule has 0 fully saturated rings. The molecule has 0 N–H and O–H groups in total. The molecule has 3 heterocycles. The van der Waals surface area contributed by atoms with E-state index in [1.54, 1.807) is 18.4 Å². The molecule has 4 aromatic rings. The molecule has 0 unspecified atom stereocenters. The third-order valence-corrected chi connectivity index (χ3v) is 6.55. The van der Waals surface area contributed by atoms with Gasteiger partial charge in [0.25, 0.3) is 0 Å². The van der Waals surface area contributed by atoms with Gasteiger partial charge in [-0.05, 0) is 44.2 Å². The van der Waals surface area contributed by atoms with Gasteiger partial charge in [-0.2, -0.15) is 0 Å². The Hall–Kier alpha value is -2.97. The highest BCUT2D eigenvalue weighted by molar-refractivity contribution is 7.99. The van der Waals surface area contributed by atoms with Crippen LogP contribution in [0, 0.1) is 13.8 Å². The summed E-state index contributed by atoms with van der Waals surface area (Å²) in [6.45, 7) is 4.78. The third kappa shape index (κ3) is 4.76. The minimum absolute atomic E-state index is 0.0469. The molecule has 4 rings (SSSR count). The Kier molecular flexibility index (Phi) is 6.72. The number of carbonyl (C=O) groups excluding carboxylic acids is 1. The van der Waals surface area contributed by atoms with Crippen LogP contribution >= 0.6 is 23.4 Å². The fourth-order valence-electron chi connectivity index (χ4n) is 3.39. The Morgan fingerprint density at radius 2 is 2.00 bits per heavy atom. The lowest BCUT2D eigenvalue weighted by Gasteiger charge is -2.08. The third-order valence-electron chi connectivity index (χ3n) is 5.22. The van der Waals surface area contributed by atoms with Gasteiger partial charge in [-0.3, -0.25) is 4.79 Å². The van der Waals surface area contributed by atoms with Gasteiger partial charge in [0.2, 0.25) is 0 Å². The number of hydrogen-bond donors (Lipinski definition) is 0. The average Bonchev–Trinajstić information content (AvgIpc) is 3.49. The molecule has 32 heavy (non-hydrogen) atoms. The van der Waals surface area contributed by atoms with Crippen LogP contribution in [0.1, 0.15) is 33.3 Å². The zero-order valence-corrected chi connectivity index (χ0v) is 19.6. The highest BCUT2D eigenvalue weighted by atomic mass is 35.5. The molecule has 0 aliphatic carbocycles. The first-order chi connectivity index (χ1) is 15.4. The maximum absolute atomic E-state index is 12.9. The number of ether oxygens (including phenoxy) is 1. The van der Waals surface area contributed by atoms with Gasteiger partial charge < -0.3 is 18.3 Å². The second-order valence-electron chi connectivity index (χ2n) is 7.34. The maximum atomic E-state index is 12.9. The summed E-state index contributed by atoms with van der Waals surface area (Å²) in [5.41, 5.74) is 2.66. The second-order valence-corrected chi connectivity index (χ2v) is 8.69. The van der Waals surface area contributed by atoms with Gasteiger partial charge >= 0.3 is 0 Å². The molecule has 0 bridgehead atoms. The second kappa shape index (κ2) is 9.67. The summed E-state index contributed by atoms with van der Waals surface area (Å²) in [5.74, 6) is 2.40. The van der Waals surface area contributed by atoms with Crippen molar-refractivity contribution in [2.24, 2.45) is 7.05 Å². The summed E-state index contributed by atoms with van der Waals surface area (Å²) >= 11 is 7.48. The lowest BCUT2D eigenvalue weighted by molar-refractivity contribution is 0.102. The number of nitrogens with zero attached hydrogens (tertiary/aromatic N) is 4. The summed E-state index contributed by atoms with van der Waals surface area (Å²) in [4.78, 5) is 12.9. The number of aromatic nitrogens is 4. The van der Waals surface area contributed by atoms with Crippen LogP contribution in [0.2, 0.25) is 5.02 Å². The standard InChI is InChI=1S/C23H23ClN4O3S/c1-15-11-18(16(2)28(15)12-17-7-6-10-30-17)20(29)14-32-23-26-25-22(27(23)3)13-31-21-9-5-4-8-19(21)24/h4-11H,12-14H2,1-3H3. The van der Waals surface area contributed by atoms with Crippen molar-refractivity contribution in [1.29, 1.82) is 0 Å². The van der Waals surface area contributed by atoms with Crippen LogP contribution in [-0.2, 0) is 20.2 Å². The molecule has 1 aromatic carbocycles. The quantitative estimate of drug-likeness (QED) is 0.251. The van der Waals surface area contributed by atoms with E-state index in [0.717, 1.165) is 17.1 Å². The van der Waals surface area contributed by atoms with Crippen LogP contribution in [0.5, 0.6) is 5.75 Å². The lowest BCUT2D eigenvalue weighted by Crippen LogP contribution is -2.08. The van der Waals surface area contributed by atoms with Gasteiger partial charge in [0, 0.05) is 24.0 Å². The number of carbonyl (C=O) groups is 1. The minimum atomic E-state index is 0.0469. The Morgan fingerprint density at radius 3 is 2.75 bits per heavy atom. The molecule has 0 aliphatic heterocycles. The first-order valence-corrected chi connectivity index (χ1v) is 11.4. The Bertz CT molecular complexity index is 1230. The molecule has 0 saturated heterocycles. The van der Waals surface area contributed by atoms with Crippen molar-refractivity contribution in [3.8, 4) is 5.75 Å². The summed E-state index contributed by atoms with van der Waals surface area (Å²) < 4.78 is 15.1. The normalized spacial score (nSPS) is 11.1. The number of furan rings is 1. The molecular formula is C23H23ClN4O3S. The number of hydrogen-bond acceptors (Lipinski definition) is 6. The first kappa shape index (κ1) is 22.2. The summed E-state index contributed by atoms with van der Waals surface area (Å²) in [6.07, 6.45) is 1.65. The largest absolute Gasteiger partial charge is 0.484 e. The minimum Gasteiger partial charge on any atom is -0.484 e. The fourth-order valence-corrected chi connectivity index (χ4v) is 4.40. The van der Waals surface area contributed by atoms with E-state index in [2.05, 4.69) is 14.8 Å². The van der Waals surface area contributed by atoms with Gasteiger partial charge in [0.15, 0.2) is 16.8 Å². The molecule has 3 aromatic heterocycles. The Balaban J connectivity index is 1.39. The van der Waals surface area contributed by atoms with Gasteiger partial charge in [0.05, 0.1) is 23.6 Å². The van der Waals surface area contributed by atoms with Crippen molar-refractivity contribution in [1.82, 2.24) is 19.3 Å². The van der Waals surface area contributed by atoms with E-state index < -0.39 is 0 Å². The van der Waals surface area contributed by atoms with E-state index in [0.29, 0.717) is 33.9 Å². The van der Waals surface area contributed by atoms with E-state index in [4.69, 9.17) is 20.8 Å². The topological polar surface area (TPSA) is 75.1 Å². The molecule has 7 nitrogen and oxygen atoms in total. The number of para-hydroxylation sites is 1. The average molecular weight is 471 g/mol. The van der Waals surface area contributed by atoms with Crippen molar-refractivity contribution in [3.05, 3.63) is 82.3 Å². The zero-order chi connectivity index (χ0) is 22.7. The highest BCUT2D eigenvalue weighted by Gasteiger charge is 2.18. The fraction of sp³-hybridized carbons (Fsp3) is 0.261. The van der Waals surface area contributed by atoms with Crippen molar-refractivity contribution in [2.45, 2.75) is 32.2 Å². The molecule has 0 atom stereocenters. The van der Waals surface area contributed by atoms with Gasteiger partial charge in [0.1, 0.15) is 18.1 Å². The monoisotopic (exact) mass is 470 g/mol. The number of aryl methyl sites for hydroxylation is 1. The summed E-state index contributed by atoms with van der Waals surface area (Å²) in [5, 5.41) is 9.59. The van der Waals surface area contributed by atoms with Gasteiger partial charge in [-0.1, -0.05) is 35.5 Å². The van der Waals surface area contributed by atoms with E-state index in [9.17, 15) is 4.79 Å². The number of halogens is 1. The van der Waals surface area contributed by atoms with E-state index in [1.165, 1.54) is 11.8 Å². The molecule has 0 radical (unpaired) electrons. The van der Waals surface area contributed by atoms with Gasteiger partial charge in [-0.25, -0.2) is 0 Å². The zero-order valence-electron chi connectivity index (χ0n) is 18.0. The van der Waals surface area contributed by atoms with E-state index in [-0.39, 0.29) is 18.1 Å². The summed E-state index contributed by atoms with van der Waals surface area (Å²) in [7, 11) is 1.85. The van der Waals surface area contributed by atoms with E-state index in [1.807, 2.05) is 55.8 Å². The molecule has 9 heteroatoms. The number of Topliss-reactive ketones (excluding diaryl/α,β-unsaturated/α-hetero) is 1. The Morgan fingerprint density at radius 1 is 1.19 bits per heavy atom. The SMILES string of the molecule is Cc1cc(C(=O)CSc2nnc(COc3ccccc3Cl)n2C)c(C)n1Cc1ccco1. The predicted octanol–water partition coefficient (Wildman–Crippen LogP) is 5.08. The molecule has 0 aliphatic rings. The van der Waals surface area contributed by atoms with Crippen molar-refractivity contribution in [3.63, 3.8) is 0 Å². The van der Waals surface area contributed by atoms with Crippen LogP contribution in [0.3, 0.4) is 0 Å². The lowest BCUT2D eigenvalue weighted by atomic mass is 10.2. The smallest absolute Gasteiger partial charge is 0.191 e. The molecule has 0 amide bonds. The van der Waals surface area contributed by atoms with Crippen LogP contribution in [0.15, 0.2) is 58.3 Å². The number of benzene rings is 1. The molecule has 0 spiro atoms. The van der Waals surface area contributed by atoms with E-state index >= 15 is 0 Å². The predicted molar refractivity (Wildman–Crippen MR) is 124 cm³/mol. The molecule has 166 valence electrons.